The fourth-order valence-electron chi connectivity index (χ4n) is 4.67. The standard InChI is InChI=1S/C28H29N3O2/c1-19(2)21-13-11-20(12-14-21)17-31-26-10-5-4-9-25(26)29-28(31)22-15-27(32)30(18-22)23-7-6-8-24(16-23)33-3/h4-14,16,19,22H,15,17-18H2,1-3H3/t22-/m1/s1. The third kappa shape index (κ3) is 4.11. The zero-order chi connectivity index (χ0) is 22.9. The average molecular weight is 440 g/mol. The number of anilines is 1. The Morgan fingerprint density at radius 3 is 2.58 bits per heavy atom. The van der Waals surface area contributed by atoms with E-state index in [4.69, 9.17) is 9.72 Å². The number of amides is 1. The molecule has 1 aromatic heterocycles. The molecular formula is C28H29N3O2. The highest BCUT2D eigenvalue weighted by Gasteiger charge is 2.35. The minimum Gasteiger partial charge on any atom is -0.497 e. The number of carbonyl (C=O) groups is 1. The van der Waals surface area contributed by atoms with Crippen LogP contribution in [0, 0.1) is 0 Å². The molecule has 5 rings (SSSR count). The van der Waals surface area contributed by atoms with Crippen molar-refractivity contribution in [2.75, 3.05) is 18.6 Å². The predicted molar refractivity (Wildman–Crippen MR) is 132 cm³/mol. The lowest BCUT2D eigenvalue weighted by Crippen LogP contribution is -2.24. The van der Waals surface area contributed by atoms with Crippen molar-refractivity contribution in [1.82, 2.24) is 9.55 Å². The summed E-state index contributed by atoms with van der Waals surface area (Å²) in [4.78, 5) is 19.8. The van der Waals surface area contributed by atoms with Crippen molar-refractivity contribution in [3.8, 4) is 5.75 Å². The second-order valence-corrected chi connectivity index (χ2v) is 9.05. The number of rotatable bonds is 6. The summed E-state index contributed by atoms with van der Waals surface area (Å²) < 4.78 is 7.64. The predicted octanol–water partition coefficient (Wildman–Crippen LogP) is 5.74. The third-order valence-electron chi connectivity index (χ3n) is 6.53. The van der Waals surface area contributed by atoms with E-state index in [0.29, 0.717) is 18.9 Å². The molecule has 0 spiro atoms. The van der Waals surface area contributed by atoms with Gasteiger partial charge in [0.15, 0.2) is 0 Å². The Morgan fingerprint density at radius 1 is 1.03 bits per heavy atom. The first-order chi connectivity index (χ1) is 16.0. The maximum Gasteiger partial charge on any atom is 0.227 e. The summed E-state index contributed by atoms with van der Waals surface area (Å²) >= 11 is 0. The maximum absolute atomic E-state index is 13.0. The van der Waals surface area contributed by atoms with E-state index in [0.717, 1.165) is 34.8 Å². The lowest BCUT2D eigenvalue weighted by Gasteiger charge is -2.18. The molecule has 1 aliphatic heterocycles. The van der Waals surface area contributed by atoms with E-state index < -0.39 is 0 Å². The van der Waals surface area contributed by atoms with Crippen LogP contribution < -0.4 is 9.64 Å². The molecule has 1 fully saturated rings. The molecule has 2 heterocycles. The van der Waals surface area contributed by atoms with Gasteiger partial charge in [-0.2, -0.15) is 0 Å². The van der Waals surface area contributed by atoms with Crippen LogP contribution in [-0.4, -0.2) is 29.1 Å². The molecule has 5 nitrogen and oxygen atoms in total. The molecule has 4 aromatic rings. The SMILES string of the molecule is COc1cccc(N2C[C@H](c3nc4ccccc4n3Cc3ccc(C(C)C)cc3)CC2=O)c1. The van der Waals surface area contributed by atoms with Crippen molar-refractivity contribution in [3.05, 3.63) is 89.7 Å². The molecule has 168 valence electrons. The summed E-state index contributed by atoms with van der Waals surface area (Å²) in [5.41, 5.74) is 5.52. The van der Waals surface area contributed by atoms with Gasteiger partial charge in [-0.3, -0.25) is 4.79 Å². The van der Waals surface area contributed by atoms with Crippen LogP contribution in [0.15, 0.2) is 72.8 Å². The first-order valence-electron chi connectivity index (χ1n) is 11.5. The number of nitrogens with zero attached hydrogens (tertiary/aromatic N) is 3. The normalized spacial score (nSPS) is 16.2. The molecule has 1 saturated heterocycles. The van der Waals surface area contributed by atoms with Crippen molar-refractivity contribution in [2.24, 2.45) is 0 Å². The lowest BCUT2D eigenvalue weighted by atomic mass is 10.0. The second-order valence-electron chi connectivity index (χ2n) is 9.05. The van der Waals surface area contributed by atoms with Crippen LogP contribution in [0.4, 0.5) is 5.69 Å². The highest BCUT2D eigenvalue weighted by molar-refractivity contribution is 5.96. The Bertz CT molecular complexity index is 1290. The van der Waals surface area contributed by atoms with Gasteiger partial charge in [-0.05, 0) is 41.3 Å². The van der Waals surface area contributed by atoms with Gasteiger partial charge in [0.25, 0.3) is 0 Å². The molecule has 0 aliphatic carbocycles. The van der Waals surface area contributed by atoms with Gasteiger partial charge in [-0.1, -0.05) is 56.3 Å². The highest BCUT2D eigenvalue weighted by atomic mass is 16.5. The van der Waals surface area contributed by atoms with Crippen LogP contribution in [0.1, 0.15) is 49.1 Å². The van der Waals surface area contributed by atoms with Crippen LogP contribution in [0.3, 0.4) is 0 Å². The van der Waals surface area contributed by atoms with E-state index in [1.807, 2.05) is 41.3 Å². The quantitative estimate of drug-likeness (QED) is 0.385. The zero-order valence-electron chi connectivity index (χ0n) is 19.4. The Kier molecular flexibility index (Phi) is 5.63. The van der Waals surface area contributed by atoms with Crippen LogP contribution in [0.2, 0.25) is 0 Å². The van der Waals surface area contributed by atoms with Crippen molar-refractivity contribution < 1.29 is 9.53 Å². The van der Waals surface area contributed by atoms with Crippen molar-refractivity contribution >= 4 is 22.6 Å². The van der Waals surface area contributed by atoms with Crippen LogP contribution in [-0.2, 0) is 11.3 Å². The molecule has 1 amide bonds. The topological polar surface area (TPSA) is 47.4 Å². The second kappa shape index (κ2) is 8.74. The fraction of sp³-hybridized carbons (Fsp3) is 0.286. The van der Waals surface area contributed by atoms with Crippen LogP contribution in [0.25, 0.3) is 11.0 Å². The van der Waals surface area contributed by atoms with Crippen LogP contribution in [0.5, 0.6) is 5.75 Å². The molecule has 0 radical (unpaired) electrons. The van der Waals surface area contributed by atoms with Gasteiger partial charge < -0.3 is 14.2 Å². The molecule has 3 aromatic carbocycles. The van der Waals surface area contributed by atoms with Gasteiger partial charge in [0.1, 0.15) is 11.6 Å². The fourth-order valence-corrected chi connectivity index (χ4v) is 4.67. The van der Waals surface area contributed by atoms with Crippen molar-refractivity contribution in [2.45, 2.75) is 38.6 Å². The summed E-state index contributed by atoms with van der Waals surface area (Å²) in [5.74, 6) is 2.39. The van der Waals surface area contributed by atoms with Gasteiger partial charge in [-0.25, -0.2) is 4.98 Å². The Labute approximate surface area is 194 Å². The molecule has 0 bridgehead atoms. The number of imidazole rings is 1. The molecular weight excluding hydrogens is 410 g/mol. The smallest absolute Gasteiger partial charge is 0.227 e. The first kappa shape index (κ1) is 21.3. The average Bonchev–Trinajstić information content (AvgIpc) is 3.40. The summed E-state index contributed by atoms with van der Waals surface area (Å²) in [5, 5.41) is 0. The van der Waals surface area contributed by atoms with Gasteiger partial charge in [0.05, 0.1) is 18.1 Å². The van der Waals surface area contributed by atoms with Crippen molar-refractivity contribution in [1.29, 1.82) is 0 Å². The van der Waals surface area contributed by atoms with Gasteiger partial charge in [-0.15, -0.1) is 0 Å². The molecule has 1 aliphatic rings. The Hall–Kier alpha value is -3.60. The van der Waals surface area contributed by atoms with E-state index >= 15 is 0 Å². The number of hydrogen-bond acceptors (Lipinski definition) is 3. The summed E-state index contributed by atoms with van der Waals surface area (Å²) in [7, 11) is 1.64. The zero-order valence-corrected chi connectivity index (χ0v) is 19.4. The highest BCUT2D eigenvalue weighted by Crippen LogP contribution is 2.34. The van der Waals surface area contributed by atoms with E-state index in [-0.39, 0.29) is 11.8 Å². The van der Waals surface area contributed by atoms with Crippen LogP contribution >= 0.6 is 0 Å². The monoisotopic (exact) mass is 439 g/mol. The van der Waals surface area contributed by atoms with E-state index in [1.54, 1.807) is 7.11 Å². The number of benzene rings is 3. The number of para-hydroxylation sites is 2. The first-order valence-corrected chi connectivity index (χ1v) is 11.5. The van der Waals surface area contributed by atoms with Gasteiger partial charge in [0.2, 0.25) is 5.91 Å². The van der Waals surface area contributed by atoms with Crippen molar-refractivity contribution in [3.63, 3.8) is 0 Å². The Morgan fingerprint density at radius 2 is 1.82 bits per heavy atom. The third-order valence-corrected chi connectivity index (χ3v) is 6.53. The molecule has 0 unspecified atom stereocenters. The lowest BCUT2D eigenvalue weighted by molar-refractivity contribution is -0.117. The summed E-state index contributed by atoms with van der Waals surface area (Å²) in [6, 6.07) is 24.8. The number of fused-ring (bicyclic) bond motifs is 1. The van der Waals surface area contributed by atoms with Gasteiger partial charge >= 0.3 is 0 Å². The van der Waals surface area contributed by atoms with E-state index in [9.17, 15) is 4.79 Å². The number of methoxy groups -OCH3 is 1. The van der Waals surface area contributed by atoms with E-state index in [1.165, 1.54) is 11.1 Å². The maximum atomic E-state index is 13.0. The summed E-state index contributed by atoms with van der Waals surface area (Å²) in [6.45, 7) is 5.77. The van der Waals surface area contributed by atoms with Gasteiger partial charge in [0, 0.05) is 37.2 Å². The molecule has 5 heteroatoms. The molecule has 33 heavy (non-hydrogen) atoms. The number of aromatic nitrogens is 2. The minimum atomic E-state index is 0.0334. The number of ether oxygens (including phenoxy) is 1. The van der Waals surface area contributed by atoms with E-state index in [2.05, 4.69) is 54.8 Å². The molecule has 0 N–H and O–H groups in total. The Balaban J connectivity index is 1.48. The number of hydrogen-bond donors (Lipinski definition) is 0. The summed E-state index contributed by atoms with van der Waals surface area (Å²) in [6.07, 6.45) is 0.451. The largest absolute Gasteiger partial charge is 0.497 e. The molecule has 1 atom stereocenters. The molecule has 0 saturated carbocycles. The minimum absolute atomic E-state index is 0.0334. The number of carbonyl (C=O) groups excluding carboxylic acids is 1.